The fourth-order valence-electron chi connectivity index (χ4n) is 6.57. The van der Waals surface area contributed by atoms with E-state index in [-0.39, 0.29) is 51.1 Å². The maximum absolute atomic E-state index is 14.3. The van der Waals surface area contributed by atoms with E-state index in [0.29, 0.717) is 12.8 Å². The highest BCUT2D eigenvalue weighted by atomic mass is 35.5. The number of hydrogen-bond donors (Lipinski definition) is 6. The van der Waals surface area contributed by atoms with Crippen molar-refractivity contribution in [2.45, 2.75) is 82.6 Å². The van der Waals surface area contributed by atoms with Gasteiger partial charge in [0.1, 0.15) is 30.0 Å². The van der Waals surface area contributed by atoms with Gasteiger partial charge in [0.25, 0.3) is 0 Å². The highest BCUT2D eigenvalue weighted by Crippen LogP contribution is 2.22. The summed E-state index contributed by atoms with van der Waals surface area (Å²) in [6.45, 7) is 2.43. The molecule has 1 saturated heterocycles. The largest absolute Gasteiger partial charge is 0.481 e. The molecule has 0 bridgehead atoms. The molecular weight excluding hydrogens is 732 g/mol. The number of alkyl halides is 1. The third kappa shape index (κ3) is 10.9. The quantitative estimate of drug-likeness (QED) is 0.0884. The van der Waals surface area contributed by atoms with Gasteiger partial charge in [-0.25, -0.2) is 0 Å². The van der Waals surface area contributed by atoms with Crippen LogP contribution in [0.2, 0.25) is 0 Å². The number of rotatable bonds is 17. The Hall–Kier alpha value is -5.21. The van der Waals surface area contributed by atoms with Crippen LogP contribution in [0, 0.1) is 6.92 Å². The molecule has 3 heterocycles. The van der Waals surface area contributed by atoms with Crippen LogP contribution in [0.4, 0.5) is 0 Å². The number of H-pyrrole nitrogens is 1. The average Bonchev–Trinajstić information content (AvgIpc) is 3.85. The maximum Gasteiger partial charge on any atom is 0.303 e. The summed E-state index contributed by atoms with van der Waals surface area (Å²) in [4.78, 5) is 84.0. The van der Waals surface area contributed by atoms with Crippen molar-refractivity contribution < 1.29 is 33.9 Å². The van der Waals surface area contributed by atoms with Gasteiger partial charge in [-0.3, -0.25) is 28.8 Å². The number of carbonyl (C=O) groups is 6. The van der Waals surface area contributed by atoms with Gasteiger partial charge in [-0.15, -0.1) is 11.6 Å². The number of likely N-dealkylation sites (tertiary alicyclic amines) is 1. The Morgan fingerprint density at radius 3 is 2.39 bits per heavy atom. The maximum atomic E-state index is 14.3. The minimum absolute atomic E-state index is 0.0748. The molecule has 0 saturated carbocycles. The molecule has 4 atom stereocenters. The standard InChI is InChI=1S/C39H45ClN6O7S/c1-24-9-11-25(12-10-24)21-42-36(50)31(18-26-15-17-54-23-26)44-37(51)32(19-27-22-41-29-7-3-2-6-28(27)29)45-38(52)33-8-4-5-16-46(33)39(53)30(13-14-35(48)49)43-34(47)20-40/h2-3,6-7,9-12,15,17,22-23,30-33,41H,4-5,8,13-14,16,18-21H2,1H3,(H,42,50)(H,43,47)(H,44,51)(H,45,52)(H,48,49). The molecule has 4 aromatic rings. The van der Waals surface area contributed by atoms with Gasteiger partial charge in [0.2, 0.25) is 29.5 Å². The number of carboxylic acids is 1. The van der Waals surface area contributed by atoms with Gasteiger partial charge in [0.15, 0.2) is 0 Å². The number of aliphatic carboxylic acids is 1. The third-order valence-corrected chi connectivity index (χ3v) is 10.4. The van der Waals surface area contributed by atoms with E-state index in [0.717, 1.165) is 33.2 Å². The second-order valence-corrected chi connectivity index (χ2v) is 14.5. The van der Waals surface area contributed by atoms with Crippen molar-refractivity contribution in [1.29, 1.82) is 0 Å². The van der Waals surface area contributed by atoms with E-state index in [1.807, 2.05) is 72.3 Å². The predicted molar refractivity (Wildman–Crippen MR) is 206 cm³/mol. The number of benzene rings is 2. The van der Waals surface area contributed by atoms with E-state index >= 15 is 0 Å². The number of para-hydroxylation sites is 1. The molecule has 2 aromatic heterocycles. The van der Waals surface area contributed by atoms with Crippen molar-refractivity contribution in [1.82, 2.24) is 31.2 Å². The highest BCUT2D eigenvalue weighted by Gasteiger charge is 2.38. The molecule has 15 heteroatoms. The fraction of sp³-hybridized carbons (Fsp3) is 0.385. The topological polar surface area (TPSA) is 190 Å². The van der Waals surface area contributed by atoms with Gasteiger partial charge in [-0.1, -0.05) is 48.0 Å². The molecule has 5 amide bonds. The molecule has 0 aliphatic carbocycles. The Morgan fingerprint density at radius 1 is 0.907 bits per heavy atom. The van der Waals surface area contributed by atoms with E-state index in [2.05, 4.69) is 26.3 Å². The van der Waals surface area contributed by atoms with Gasteiger partial charge in [0.05, 0.1) is 0 Å². The molecule has 6 N–H and O–H groups in total. The molecule has 1 fully saturated rings. The van der Waals surface area contributed by atoms with Crippen LogP contribution >= 0.6 is 22.9 Å². The molecule has 1 aliphatic rings. The second kappa shape index (κ2) is 19.2. The number of aromatic nitrogens is 1. The van der Waals surface area contributed by atoms with Crippen molar-refractivity contribution in [2.75, 3.05) is 12.4 Å². The summed E-state index contributed by atoms with van der Waals surface area (Å²) in [7, 11) is 0. The number of carboxylic acid groups (broad SMARTS) is 1. The summed E-state index contributed by atoms with van der Waals surface area (Å²) >= 11 is 7.15. The third-order valence-electron chi connectivity index (χ3n) is 9.46. The summed E-state index contributed by atoms with van der Waals surface area (Å²) in [5, 5.41) is 25.2. The van der Waals surface area contributed by atoms with Gasteiger partial charge in [-0.2, -0.15) is 11.3 Å². The Kier molecular flexibility index (Phi) is 14.2. The van der Waals surface area contributed by atoms with Crippen molar-refractivity contribution in [3.05, 3.63) is 93.8 Å². The number of thiophene rings is 1. The number of nitrogens with zero attached hydrogens (tertiary/aromatic N) is 1. The van der Waals surface area contributed by atoms with E-state index in [9.17, 15) is 33.9 Å². The average molecular weight is 777 g/mol. The molecule has 286 valence electrons. The Bertz CT molecular complexity index is 1930. The molecule has 0 spiro atoms. The lowest BCUT2D eigenvalue weighted by Gasteiger charge is -2.37. The molecule has 1 aliphatic heterocycles. The summed E-state index contributed by atoms with van der Waals surface area (Å²) in [6, 6.07) is 12.9. The molecule has 54 heavy (non-hydrogen) atoms. The lowest BCUT2D eigenvalue weighted by Crippen LogP contribution is -2.61. The Labute approximate surface area is 322 Å². The summed E-state index contributed by atoms with van der Waals surface area (Å²) in [5.41, 5.74) is 4.46. The highest BCUT2D eigenvalue weighted by molar-refractivity contribution is 7.07. The van der Waals surface area contributed by atoms with Crippen LogP contribution in [0.25, 0.3) is 10.9 Å². The summed E-state index contributed by atoms with van der Waals surface area (Å²) in [5.74, 6) is -4.37. The molecule has 13 nitrogen and oxygen atoms in total. The first kappa shape index (κ1) is 40.0. The summed E-state index contributed by atoms with van der Waals surface area (Å²) < 4.78 is 0. The number of amides is 5. The number of aromatic amines is 1. The van der Waals surface area contributed by atoms with Crippen molar-refractivity contribution in [3.8, 4) is 0 Å². The van der Waals surface area contributed by atoms with E-state index in [1.54, 1.807) is 6.20 Å². The zero-order valence-electron chi connectivity index (χ0n) is 29.9. The number of hydrogen-bond acceptors (Lipinski definition) is 7. The monoisotopic (exact) mass is 776 g/mol. The zero-order chi connectivity index (χ0) is 38.6. The molecule has 2 aromatic carbocycles. The minimum atomic E-state index is -1.21. The van der Waals surface area contributed by atoms with Crippen LogP contribution in [0.3, 0.4) is 0 Å². The second-order valence-electron chi connectivity index (χ2n) is 13.5. The van der Waals surface area contributed by atoms with Crippen molar-refractivity contribution in [3.63, 3.8) is 0 Å². The van der Waals surface area contributed by atoms with Crippen LogP contribution in [0.15, 0.2) is 71.6 Å². The van der Waals surface area contributed by atoms with Crippen LogP contribution in [-0.2, 0) is 48.2 Å². The van der Waals surface area contributed by atoms with Crippen LogP contribution in [0.5, 0.6) is 0 Å². The Morgan fingerprint density at radius 2 is 1.67 bits per heavy atom. The van der Waals surface area contributed by atoms with Gasteiger partial charge in [-0.05, 0) is 72.2 Å². The first-order chi connectivity index (χ1) is 26.0. The number of piperidine rings is 1. The van der Waals surface area contributed by atoms with E-state index in [4.69, 9.17) is 11.6 Å². The van der Waals surface area contributed by atoms with E-state index < -0.39 is 59.6 Å². The van der Waals surface area contributed by atoms with Crippen LogP contribution in [-0.4, -0.2) is 87.1 Å². The number of halogens is 1. The van der Waals surface area contributed by atoms with Crippen LogP contribution < -0.4 is 21.3 Å². The SMILES string of the molecule is Cc1ccc(CNC(=O)C(Cc2ccsc2)NC(=O)C(Cc2c[nH]c3ccccc23)NC(=O)C2CCCCN2C(=O)C(CCC(=O)O)NC(=O)CCl)cc1. The van der Waals surface area contributed by atoms with Gasteiger partial charge >= 0.3 is 5.97 Å². The molecule has 4 unspecified atom stereocenters. The number of aryl methyl sites for hydroxylation is 1. The van der Waals surface area contributed by atoms with Gasteiger partial charge < -0.3 is 36.3 Å². The van der Waals surface area contributed by atoms with E-state index in [1.165, 1.54) is 16.2 Å². The first-order valence-electron chi connectivity index (χ1n) is 17.9. The Balaban J connectivity index is 1.39. The van der Waals surface area contributed by atoms with Crippen molar-refractivity contribution in [2.24, 2.45) is 0 Å². The first-order valence-corrected chi connectivity index (χ1v) is 19.4. The molecule has 0 radical (unpaired) electrons. The fourth-order valence-corrected chi connectivity index (χ4v) is 7.33. The van der Waals surface area contributed by atoms with Crippen molar-refractivity contribution >= 4 is 69.3 Å². The molecule has 5 rings (SSSR count). The zero-order valence-corrected chi connectivity index (χ0v) is 31.5. The lowest BCUT2D eigenvalue weighted by molar-refractivity contribution is -0.146. The number of carbonyl (C=O) groups excluding carboxylic acids is 5. The number of fused-ring (bicyclic) bond motifs is 1. The molecular formula is C39H45ClN6O7S. The minimum Gasteiger partial charge on any atom is -0.481 e. The normalized spacial score (nSPS) is 15.8. The predicted octanol–water partition coefficient (Wildman–Crippen LogP) is 3.58. The number of nitrogens with one attached hydrogen (secondary N) is 5. The van der Waals surface area contributed by atoms with Gasteiger partial charge in [0, 0.05) is 49.5 Å². The lowest BCUT2D eigenvalue weighted by atomic mass is 9.97. The van der Waals surface area contributed by atoms with Crippen LogP contribution in [0.1, 0.15) is 54.4 Å². The smallest absolute Gasteiger partial charge is 0.303 e. The summed E-state index contributed by atoms with van der Waals surface area (Å²) in [6.07, 6.45) is 3.00.